The van der Waals surface area contributed by atoms with E-state index in [9.17, 15) is 4.21 Å². The van der Waals surface area contributed by atoms with E-state index < -0.39 is 10.8 Å². The minimum atomic E-state index is -0.783. The molecule has 0 aliphatic carbocycles. The molecule has 1 rings (SSSR count). The van der Waals surface area contributed by atoms with Crippen molar-refractivity contribution in [2.45, 2.75) is 26.0 Å². The van der Waals surface area contributed by atoms with Crippen LogP contribution >= 0.6 is 0 Å². The molecule has 0 aliphatic rings. The summed E-state index contributed by atoms with van der Waals surface area (Å²) in [5.41, 5.74) is 1.69. The standard InChI is InChI=1S/C13H17NOS/c1-11(2)7-8-16(15)10-13-5-3-12(9-14)4-6-13/h3-6,11H,7-8,10H2,1-2H3. The zero-order valence-corrected chi connectivity index (χ0v) is 10.6. The van der Waals surface area contributed by atoms with Crippen LogP contribution in [-0.2, 0) is 16.6 Å². The van der Waals surface area contributed by atoms with Gasteiger partial charge >= 0.3 is 0 Å². The van der Waals surface area contributed by atoms with Gasteiger partial charge in [-0.05, 0) is 30.0 Å². The first-order valence-corrected chi connectivity index (χ1v) is 6.94. The van der Waals surface area contributed by atoms with Crippen molar-refractivity contribution in [3.05, 3.63) is 35.4 Å². The van der Waals surface area contributed by atoms with Gasteiger partial charge in [0.2, 0.25) is 0 Å². The Balaban J connectivity index is 2.47. The average Bonchev–Trinajstić information content (AvgIpc) is 2.27. The maximum absolute atomic E-state index is 11.7. The molecule has 86 valence electrons. The van der Waals surface area contributed by atoms with Gasteiger partial charge in [-0.1, -0.05) is 26.0 Å². The van der Waals surface area contributed by atoms with Crippen molar-refractivity contribution in [1.29, 1.82) is 5.26 Å². The smallest absolute Gasteiger partial charge is 0.0991 e. The van der Waals surface area contributed by atoms with Crippen molar-refractivity contribution in [2.75, 3.05) is 5.75 Å². The Morgan fingerprint density at radius 3 is 2.44 bits per heavy atom. The second-order valence-electron chi connectivity index (χ2n) is 4.28. The lowest BCUT2D eigenvalue weighted by Gasteiger charge is -2.05. The molecule has 0 saturated heterocycles. The lowest BCUT2D eigenvalue weighted by atomic mass is 10.2. The molecule has 16 heavy (non-hydrogen) atoms. The van der Waals surface area contributed by atoms with Crippen molar-refractivity contribution in [1.82, 2.24) is 0 Å². The van der Waals surface area contributed by atoms with E-state index >= 15 is 0 Å². The molecule has 0 aliphatic heterocycles. The average molecular weight is 235 g/mol. The van der Waals surface area contributed by atoms with Crippen molar-refractivity contribution in [3.63, 3.8) is 0 Å². The number of hydrogen-bond acceptors (Lipinski definition) is 2. The van der Waals surface area contributed by atoms with Gasteiger partial charge < -0.3 is 0 Å². The number of benzene rings is 1. The fourth-order valence-corrected chi connectivity index (χ4v) is 2.74. The summed E-state index contributed by atoms with van der Waals surface area (Å²) in [6, 6.07) is 9.38. The van der Waals surface area contributed by atoms with Crippen LogP contribution in [0.15, 0.2) is 24.3 Å². The van der Waals surface area contributed by atoms with Gasteiger partial charge in [-0.3, -0.25) is 4.21 Å². The summed E-state index contributed by atoms with van der Waals surface area (Å²) >= 11 is 0. The molecule has 0 aromatic heterocycles. The van der Waals surface area contributed by atoms with Crippen molar-refractivity contribution < 1.29 is 4.21 Å². The van der Waals surface area contributed by atoms with Crippen molar-refractivity contribution in [3.8, 4) is 6.07 Å². The molecule has 0 fully saturated rings. The maximum atomic E-state index is 11.7. The summed E-state index contributed by atoms with van der Waals surface area (Å²) in [7, 11) is -0.783. The lowest BCUT2D eigenvalue weighted by Crippen LogP contribution is -2.03. The third kappa shape index (κ3) is 4.59. The van der Waals surface area contributed by atoms with Crippen LogP contribution in [0.2, 0.25) is 0 Å². The van der Waals surface area contributed by atoms with Gasteiger partial charge in [-0.15, -0.1) is 0 Å². The molecule has 0 spiro atoms. The normalized spacial score (nSPS) is 12.4. The molecule has 1 unspecified atom stereocenters. The van der Waals surface area contributed by atoms with E-state index in [0.29, 0.717) is 17.2 Å². The molecule has 0 radical (unpaired) electrons. The van der Waals surface area contributed by atoms with Crippen LogP contribution in [0.5, 0.6) is 0 Å². The molecule has 3 heteroatoms. The van der Waals surface area contributed by atoms with Gasteiger partial charge in [0, 0.05) is 22.3 Å². The third-order valence-corrected chi connectivity index (χ3v) is 3.68. The second kappa shape index (κ2) is 6.44. The number of rotatable bonds is 5. The Morgan fingerprint density at radius 1 is 1.31 bits per heavy atom. The molecular weight excluding hydrogens is 218 g/mol. The fourth-order valence-electron chi connectivity index (χ4n) is 1.30. The lowest BCUT2D eigenvalue weighted by molar-refractivity contribution is 0.619. The monoisotopic (exact) mass is 235 g/mol. The van der Waals surface area contributed by atoms with Gasteiger partial charge in [0.25, 0.3) is 0 Å². The second-order valence-corrected chi connectivity index (χ2v) is 5.86. The quantitative estimate of drug-likeness (QED) is 0.787. The molecule has 0 saturated carbocycles. The molecule has 1 atom stereocenters. The van der Waals surface area contributed by atoms with Crippen LogP contribution in [0.4, 0.5) is 0 Å². The Hall–Kier alpha value is -1.14. The summed E-state index contributed by atoms with van der Waals surface area (Å²) < 4.78 is 11.7. The van der Waals surface area contributed by atoms with Crippen LogP contribution in [-0.4, -0.2) is 9.96 Å². The van der Waals surface area contributed by atoms with E-state index in [2.05, 4.69) is 19.9 Å². The van der Waals surface area contributed by atoms with E-state index in [0.717, 1.165) is 17.7 Å². The van der Waals surface area contributed by atoms with E-state index in [-0.39, 0.29) is 0 Å². The molecule has 1 aromatic rings. The van der Waals surface area contributed by atoms with Gasteiger partial charge in [-0.2, -0.15) is 5.26 Å². The molecule has 0 heterocycles. The summed E-state index contributed by atoms with van der Waals surface area (Å²) in [6.07, 6.45) is 1.00. The van der Waals surface area contributed by atoms with Crippen molar-refractivity contribution in [2.24, 2.45) is 5.92 Å². The Kier molecular flexibility index (Phi) is 5.21. The highest BCUT2D eigenvalue weighted by Gasteiger charge is 2.03. The minimum Gasteiger partial charge on any atom is -0.259 e. The predicted octanol–water partition coefficient (Wildman–Crippen LogP) is 2.85. The highest BCUT2D eigenvalue weighted by atomic mass is 32.2. The Bertz CT molecular complexity index is 389. The van der Waals surface area contributed by atoms with E-state index in [4.69, 9.17) is 5.26 Å². The summed E-state index contributed by atoms with van der Waals surface area (Å²) in [5, 5.41) is 8.65. The van der Waals surface area contributed by atoms with Gasteiger partial charge in [0.15, 0.2) is 0 Å². The van der Waals surface area contributed by atoms with Crippen LogP contribution in [0, 0.1) is 17.2 Å². The summed E-state index contributed by atoms with van der Waals surface area (Å²) in [5.74, 6) is 1.96. The van der Waals surface area contributed by atoms with E-state index in [1.165, 1.54) is 0 Å². The highest BCUT2D eigenvalue weighted by Crippen LogP contribution is 2.08. The zero-order valence-electron chi connectivity index (χ0n) is 9.77. The summed E-state index contributed by atoms with van der Waals surface area (Å²) in [6.45, 7) is 4.28. The first-order valence-electron chi connectivity index (χ1n) is 5.46. The molecule has 1 aromatic carbocycles. The van der Waals surface area contributed by atoms with Crippen LogP contribution in [0.3, 0.4) is 0 Å². The first-order chi connectivity index (χ1) is 7.61. The van der Waals surface area contributed by atoms with Crippen LogP contribution in [0.1, 0.15) is 31.4 Å². The fraction of sp³-hybridized carbons (Fsp3) is 0.462. The number of nitrogens with zero attached hydrogens (tertiary/aromatic N) is 1. The maximum Gasteiger partial charge on any atom is 0.0991 e. The highest BCUT2D eigenvalue weighted by molar-refractivity contribution is 7.84. The minimum absolute atomic E-state index is 0.596. The molecular formula is C13H17NOS. The van der Waals surface area contributed by atoms with Gasteiger partial charge in [0.1, 0.15) is 0 Å². The van der Waals surface area contributed by atoms with Gasteiger partial charge in [0.05, 0.1) is 11.6 Å². The first kappa shape index (κ1) is 12.9. The summed E-state index contributed by atoms with van der Waals surface area (Å²) in [4.78, 5) is 0. The van der Waals surface area contributed by atoms with E-state index in [1.807, 2.05) is 12.1 Å². The molecule has 0 amide bonds. The number of hydrogen-bond donors (Lipinski definition) is 0. The molecule has 2 nitrogen and oxygen atoms in total. The largest absolute Gasteiger partial charge is 0.259 e. The van der Waals surface area contributed by atoms with E-state index in [1.54, 1.807) is 12.1 Å². The Labute approximate surface area is 99.8 Å². The topological polar surface area (TPSA) is 40.9 Å². The predicted molar refractivity (Wildman–Crippen MR) is 67.3 cm³/mol. The molecule has 0 N–H and O–H groups in total. The zero-order chi connectivity index (χ0) is 12.0. The van der Waals surface area contributed by atoms with Crippen LogP contribution in [0.25, 0.3) is 0 Å². The van der Waals surface area contributed by atoms with Crippen molar-refractivity contribution >= 4 is 10.8 Å². The number of nitriles is 1. The Morgan fingerprint density at radius 2 is 1.94 bits per heavy atom. The molecule has 0 bridgehead atoms. The van der Waals surface area contributed by atoms with Gasteiger partial charge in [-0.25, -0.2) is 0 Å². The SMILES string of the molecule is CC(C)CCS(=O)Cc1ccc(C#N)cc1. The third-order valence-electron chi connectivity index (χ3n) is 2.33. The van der Waals surface area contributed by atoms with Crippen LogP contribution < -0.4 is 0 Å².